The highest BCUT2D eigenvalue weighted by molar-refractivity contribution is 8.00. The number of rotatable bonds is 26. The number of aliphatic carboxylic acids is 2. The van der Waals surface area contributed by atoms with Crippen LogP contribution in [0.4, 0.5) is 0 Å². The van der Waals surface area contributed by atoms with Gasteiger partial charge in [-0.2, -0.15) is 0 Å². The monoisotopic (exact) mass is 1910 g/mol. The van der Waals surface area contributed by atoms with Gasteiger partial charge in [-0.15, -0.1) is 11.8 Å². The molecule has 0 spiro atoms. The molecule has 0 radical (unpaired) electrons. The van der Waals surface area contributed by atoms with Crippen molar-refractivity contribution in [3.8, 4) is 5.75 Å². The second kappa shape index (κ2) is 49.9. The van der Waals surface area contributed by atoms with Gasteiger partial charge in [-0.25, -0.2) is 0 Å². The summed E-state index contributed by atoms with van der Waals surface area (Å²) in [5.74, 6) is -21.4. The second-order valence-corrected chi connectivity index (χ2v) is 35.1. The highest BCUT2D eigenvalue weighted by Crippen LogP contribution is 2.29. The first kappa shape index (κ1) is 106. The summed E-state index contributed by atoms with van der Waals surface area (Å²) in [6, 6.07) is -4.58. The fourth-order valence-electron chi connectivity index (χ4n) is 16.7. The maximum atomic E-state index is 15.8. The van der Waals surface area contributed by atoms with E-state index in [1.165, 1.54) is 81.7 Å². The molecule has 9 rings (SSSR count). The van der Waals surface area contributed by atoms with E-state index >= 15 is 33.6 Å². The molecule has 736 valence electrons. The number of carboxylic acids is 2. The molecule has 45 nitrogen and oxygen atoms in total. The molecule has 0 unspecified atom stereocenters. The summed E-state index contributed by atoms with van der Waals surface area (Å²) in [4.78, 5) is 286. The number of aliphatic hydroxyl groups is 2. The maximum absolute atomic E-state index is 15.8. The lowest BCUT2D eigenvalue weighted by atomic mass is 10.00. The van der Waals surface area contributed by atoms with Gasteiger partial charge in [-0.3, -0.25) is 96.1 Å². The number of aromatic nitrogens is 2. The highest BCUT2D eigenvalue weighted by atomic mass is 32.2. The first-order valence-electron chi connectivity index (χ1n) is 44.8. The predicted octanol–water partition coefficient (Wildman–Crippen LogP) is -4.07. The number of aromatic hydroxyl groups is 1. The van der Waals surface area contributed by atoms with Gasteiger partial charge in [-0.05, 0) is 92.0 Å². The lowest BCUT2D eigenvalue weighted by Gasteiger charge is -2.36. The van der Waals surface area contributed by atoms with Gasteiger partial charge in [0.2, 0.25) is 100 Å². The number of carbonyl (C=O) groups is 19. The van der Waals surface area contributed by atoms with E-state index in [1.54, 1.807) is 62.4 Å². The SMILES string of the molecule is CCCC[C@H]1C(=O)N(C)[C@@H](CCCC)C(=O)N[C@@H](CN)C(=O)N[C@H](C(=O)NCC(N)=O)CSCC(=O)N[C@@H](Cc2ccc(O)cc2)C(=O)N(C)[C@@H](C)C(=O)N[C@@H](CC(N)=O)C(=O)N2CCC[C@H]2C(=O)N[C@@H](CC2=CN=CC2)C(=O)N[C@@H](CCC(=O)O)C(=O)N2C[C@H](O)C[C@H]2C(=O)N[C@@H](Cc2c[nH]c3ccccc23)C(=O)N[C@@H](CO)C(=O)N[C@@H](Cc2cn(CC(=O)O)c3ccccc23)C(=O)N1C. The number of aliphatic hydroxyl groups excluding tert-OH is 2. The Kier molecular flexibility index (Phi) is 38.8. The zero-order chi connectivity index (χ0) is 99.5. The number of carbonyl (C=O) groups excluding carboxylic acids is 17. The van der Waals surface area contributed by atoms with Crippen LogP contribution >= 0.6 is 11.8 Å². The van der Waals surface area contributed by atoms with Crippen molar-refractivity contribution in [1.29, 1.82) is 0 Å². The van der Waals surface area contributed by atoms with Gasteiger partial charge in [0, 0.05) is 132 Å². The molecule has 17 amide bonds. The van der Waals surface area contributed by atoms with Crippen molar-refractivity contribution >= 4 is 152 Å². The standard InChI is InChI=1S/C90H121N21O24S/c1-7-9-19-68-83(128)103-64(38-91)81(126)105-66(78(123)96-41-73(93)116)46-136-47-74(117)97-61(32-49-23-25-53(113)26-24-49)86(131)106(4)48(3)77(122)101-63(37-72(92)115)89(134)110-31-15-22-69(110)84(129)99-59(33-50-29-30-94-39-50)79(124)98-58(27-28-75(118)119)88(133)111-43-54(114)36-71(111)85(130)100-60(34-51-40-95-57-18-13-11-16-55(51)57)80(125)104-65(45-112)82(127)102-62(87(132)108(6)70(20-10-8-2)90(135)107(68)5)35-52-42-109(44-76(120)121)67-21-14-12-17-56(52)67/h11-14,16-18,21,23-26,30,39-40,42,48,54,58-66,68-71,95,112-114H,7-10,15,19-20,22,27-29,31-38,41,43-47,91H2,1-6H3,(H2,92,115)(H2,93,116)(H,96,123)(H,97,117)(H,98,124)(H,99,129)(H,100,130)(H,101,122)(H,102,127)(H,103,128)(H,104,125)(H,105,126)(H,118,119)(H,120,121)/t48-,54+,58-,59-,60-,61-,62-,63-,64-,65-,66-,68-,69-,70-,71-/m0/s1. The van der Waals surface area contributed by atoms with E-state index < -0.39 is 286 Å². The summed E-state index contributed by atoms with van der Waals surface area (Å²) in [7, 11) is 3.74. The summed E-state index contributed by atoms with van der Waals surface area (Å²) >= 11 is 0.729. The number of hydrogen-bond acceptors (Lipinski definition) is 25. The van der Waals surface area contributed by atoms with Crippen LogP contribution in [0.25, 0.3) is 21.8 Å². The zero-order valence-electron chi connectivity index (χ0n) is 76.3. The van der Waals surface area contributed by atoms with Crippen molar-refractivity contribution in [2.45, 2.75) is 227 Å². The van der Waals surface area contributed by atoms with Crippen molar-refractivity contribution in [2.24, 2.45) is 22.2 Å². The minimum atomic E-state index is -2.01. The molecule has 0 bridgehead atoms. The van der Waals surface area contributed by atoms with E-state index in [1.807, 2.05) is 0 Å². The molecule has 136 heavy (non-hydrogen) atoms. The summed E-state index contributed by atoms with van der Waals surface area (Å²) in [5.41, 5.74) is 19.8. The lowest BCUT2D eigenvalue weighted by molar-refractivity contribution is -0.149. The molecule has 0 saturated carbocycles. The number of amides is 17. The number of likely N-dealkylation sites (N-methyl/N-ethyl adjacent to an activating group) is 3. The summed E-state index contributed by atoms with van der Waals surface area (Å²) in [6.07, 6.45) is 1.56. The molecule has 4 aliphatic heterocycles. The fraction of sp³-hybridized carbons (Fsp3) is 0.511. The third kappa shape index (κ3) is 28.6. The number of benzene rings is 3. The highest BCUT2D eigenvalue weighted by Gasteiger charge is 2.47. The van der Waals surface area contributed by atoms with Gasteiger partial charge >= 0.3 is 11.9 Å². The van der Waals surface area contributed by atoms with Gasteiger partial charge in [0.15, 0.2) is 0 Å². The number of para-hydroxylation sites is 2. The van der Waals surface area contributed by atoms with Crippen LogP contribution in [0.15, 0.2) is 102 Å². The number of aromatic amines is 1. The molecule has 3 saturated heterocycles. The van der Waals surface area contributed by atoms with Crippen LogP contribution < -0.4 is 70.4 Å². The van der Waals surface area contributed by atoms with Crippen LogP contribution in [0.3, 0.4) is 0 Å². The van der Waals surface area contributed by atoms with E-state index in [9.17, 15) is 83.1 Å². The van der Waals surface area contributed by atoms with Crippen molar-refractivity contribution in [2.75, 3.05) is 65.4 Å². The number of primary amides is 2. The van der Waals surface area contributed by atoms with E-state index in [-0.39, 0.29) is 75.6 Å². The van der Waals surface area contributed by atoms with Crippen LogP contribution in [-0.2, 0) is 117 Å². The quantitative estimate of drug-likeness (QED) is 0.0250. The van der Waals surface area contributed by atoms with E-state index in [2.05, 4.69) is 63.1 Å². The summed E-state index contributed by atoms with van der Waals surface area (Å²) in [5, 5.41) is 79.5. The number of nitrogens with one attached hydrogen (secondary N) is 11. The summed E-state index contributed by atoms with van der Waals surface area (Å²) in [6.45, 7) is 0.884. The number of unbranched alkanes of at least 4 members (excludes halogenated alkanes) is 2. The van der Waals surface area contributed by atoms with Crippen molar-refractivity contribution in [1.82, 2.24) is 87.2 Å². The minimum Gasteiger partial charge on any atom is -0.508 e. The van der Waals surface area contributed by atoms with E-state index in [0.717, 1.165) is 36.3 Å². The number of carboxylic acid groups (broad SMARTS) is 2. The number of aliphatic imine (C=N–C) groups is 1. The molecule has 6 heterocycles. The lowest BCUT2D eigenvalue weighted by Crippen LogP contribution is -2.62. The van der Waals surface area contributed by atoms with Crippen molar-refractivity contribution in [3.05, 3.63) is 114 Å². The van der Waals surface area contributed by atoms with Crippen LogP contribution in [0.5, 0.6) is 5.75 Å². The Bertz CT molecular complexity index is 5320. The van der Waals surface area contributed by atoms with E-state index in [4.69, 9.17) is 17.2 Å². The third-order valence-electron chi connectivity index (χ3n) is 24.2. The molecule has 15 atom stereocenters. The van der Waals surface area contributed by atoms with Gasteiger partial charge in [-0.1, -0.05) is 88.1 Å². The molecular formula is C90H121N21O24S. The Balaban J connectivity index is 1.11. The molecule has 3 fully saturated rings. The Labute approximate surface area is 786 Å². The molecule has 3 aromatic carbocycles. The smallest absolute Gasteiger partial charge is 0.323 e. The van der Waals surface area contributed by atoms with Crippen LogP contribution in [0, 0.1) is 0 Å². The van der Waals surface area contributed by atoms with Gasteiger partial charge in [0.1, 0.15) is 96.9 Å². The summed E-state index contributed by atoms with van der Waals surface area (Å²) < 4.78 is 1.39. The topological polar surface area (TPSA) is 673 Å². The van der Waals surface area contributed by atoms with Crippen LogP contribution in [0.1, 0.15) is 127 Å². The average Bonchev–Trinajstić information content (AvgIpc) is 1.65. The minimum absolute atomic E-state index is 0.0661. The Morgan fingerprint density at radius 2 is 1.14 bits per heavy atom. The fourth-order valence-corrected chi connectivity index (χ4v) is 17.5. The molecule has 0 aliphatic carbocycles. The van der Waals surface area contributed by atoms with Crippen LogP contribution in [0.2, 0.25) is 0 Å². The zero-order valence-corrected chi connectivity index (χ0v) is 77.2. The Morgan fingerprint density at radius 1 is 0.566 bits per heavy atom. The largest absolute Gasteiger partial charge is 0.508 e. The molecule has 4 aliphatic rings. The average molecular weight is 1910 g/mol. The number of hydrogen-bond donors (Lipinski definition) is 19. The molecule has 46 heteroatoms. The van der Waals surface area contributed by atoms with Gasteiger partial charge < -0.3 is 130 Å². The molecule has 2 aromatic heterocycles. The number of nitrogens with zero attached hydrogens (tertiary/aromatic N) is 7. The number of H-pyrrole nitrogens is 1. The predicted molar refractivity (Wildman–Crippen MR) is 492 cm³/mol. The first-order chi connectivity index (χ1) is 64.7. The normalized spacial score (nSPS) is 25.1. The molecule has 22 N–H and O–H groups in total. The third-order valence-corrected chi connectivity index (χ3v) is 25.3. The number of thioether (sulfide) groups is 1. The van der Waals surface area contributed by atoms with Gasteiger partial charge in [0.25, 0.3) is 0 Å². The molecular weight excluding hydrogens is 1790 g/mol. The Hall–Kier alpha value is -13.9. The number of phenols is 1. The Morgan fingerprint density at radius 3 is 1.78 bits per heavy atom. The number of fused-ring (bicyclic) bond motifs is 4. The molecule has 5 aromatic rings. The van der Waals surface area contributed by atoms with Gasteiger partial charge in [0.05, 0.1) is 31.4 Å². The number of nitrogens with two attached hydrogens (primary N) is 3. The number of phenolic OH excluding ortho intramolecular Hbond substituents is 1. The van der Waals surface area contributed by atoms with E-state index in [0.29, 0.717) is 51.3 Å². The maximum Gasteiger partial charge on any atom is 0.323 e. The first-order valence-corrected chi connectivity index (χ1v) is 46.0. The van der Waals surface area contributed by atoms with Crippen LogP contribution in [-0.4, -0.2) is 334 Å². The second-order valence-electron chi connectivity index (χ2n) is 34.1. The van der Waals surface area contributed by atoms with Crippen molar-refractivity contribution in [3.63, 3.8) is 0 Å². The van der Waals surface area contributed by atoms with Crippen molar-refractivity contribution < 1.29 is 117 Å².